The van der Waals surface area contributed by atoms with Crippen molar-refractivity contribution in [3.05, 3.63) is 15.6 Å². The van der Waals surface area contributed by atoms with E-state index in [4.69, 9.17) is 5.73 Å². The average Bonchev–Trinajstić information content (AvgIpc) is 2.71. The lowest BCUT2D eigenvalue weighted by Gasteiger charge is -2.20. The van der Waals surface area contributed by atoms with Crippen LogP contribution in [-0.4, -0.2) is 59.3 Å². The number of thiazole rings is 1. The van der Waals surface area contributed by atoms with Crippen molar-refractivity contribution in [2.75, 3.05) is 32.7 Å². The van der Waals surface area contributed by atoms with Crippen molar-refractivity contribution in [1.29, 1.82) is 0 Å². The predicted molar refractivity (Wildman–Crippen MR) is 91.6 cm³/mol. The van der Waals surface area contributed by atoms with Crippen LogP contribution in [0.4, 0.5) is 0 Å². The molecule has 1 aromatic heterocycles. The summed E-state index contributed by atoms with van der Waals surface area (Å²) in [4.78, 5) is 33.0. The van der Waals surface area contributed by atoms with Gasteiger partial charge in [-0.2, -0.15) is 0 Å². The quantitative estimate of drug-likeness (QED) is 0.851. The molecule has 128 valence electrons. The number of unbranched alkanes of at least 4 members (excludes halogenated alkanes) is 1. The number of carbonyl (C=O) groups is 2. The molecule has 0 saturated carbocycles. The van der Waals surface area contributed by atoms with Crippen LogP contribution in [-0.2, 0) is 11.2 Å². The van der Waals surface area contributed by atoms with Gasteiger partial charge in [-0.3, -0.25) is 14.5 Å². The Kier molecular flexibility index (Phi) is 6.53. The molecule has 1 aliphatic heterocycles. The summed E-state index contributed by atoms with van der Waals surface area (Å²) in [7, 11) is 0. The molecule has 0 atom stereocenters. The Morgan fingerprint density at radius 2 is 2.04 bits per heavy atom. The number of aromatic nitrogens is 1. The maximum Gasteiger partial charge on any atom is 0.265 e. The van der Waals surface area contributed by atoms with E-state index in [-0.39, 0.29) is 18.4 Å². The molecule has 0 unspecified atom stereocenters. The first kappa shape index (κ1) is 17.9. The molecule has 0 radical (unpaired) electrons. The molecular weight excluding hydrogens is 312 g/mol. The van der Waals surface area contributed by atoms with Crippen molar-refractivity contribution in [3.63, 3.8) is 0 Å². The van der Waals surface area contributed by atoms with E-state index in [0.717, 1.165) is 54.4 Å². The van der Waals surface area contributed by atoms with Gasteiger partial charge in [0.1, 0.15) is 4.88 Å². The Morgan fingerprint density at radius 3 is 2.74 bits per heavy atom. The zero-order chi connectivity index (χ0) is 16.8. The minimum Gasteiger partial charge on any atom is -0.369 e. The minimum absolute atomic E-state index is 0.0728. The highest BCUT2D eigenvalue weighted by Crippen LogP contribution is 2.22. The van der Waals surface area contributed by atoms with Crippen LogP contribution in [0, 0.1) is 6.92 Å². The van der Waals surface area contributed by atoms with E-state index >= 15 is 0 Å². The van der Waals surface area contributed by atoms with Crippen LogP contribution in [0.3, 0.4) is 0 Å². The molecule has 1 fully saturated rings. The fraction of sp³-hybridized carbons (Fsp3) is 0.688. The van der Waals surface area contributed by atoms with Crippen LogP contribution in [0.5, 0.6) is 0 Å². The zero-order valence-corrected chi connectivity index (χ0v) is 14.8. The number of aryl methyl sites for hydroxylation is 2. The molecule has 0 aliphatic carbocycles. The third-order valence-electron chi connectivity index (χ3n) is 4.03. The molecule has 1 aromatic rings. The first-order valence-electron chi connectivity index (χ1n) is 8.27. The van der Waals surface area contributed by atoms with Crippen molar-refractivity contribution < 1.29 is 9.59 Å². The number of primary amides is 1. The summed E-state index contributed by atoms with van der Waals surface area (Å²) < 4.78 is 0. The smallest absolute Gasteiger partial charge is 0.265 e. The summed E-state index contributed by atoms with van der Waals surface area (Å²) >= 11 is 1.53. The van der Waals surface area contributed by atoms with Crippen molar-refractivity contribution in [3.8, 4) is 0 Å². The van der Waals surface area contributed by atoms with Gasteiger partial charge in [0, 0.05) is 26.2 Å². The van der Waals surface area contributed by atoms with Crippen LogP contribution in [0.1, 0.15) is 46.6 Å². The van der Waals surface area contributed by atoms with Gasteiger partial charge in [0.2, 0.25) is 5.91 Å². The predicted octanol–water partition coefficient (Wildman–Crippen LogP) is 1.43. The van der Waals surface area contributed by atoms with E-state index in [1.54, 1.807) is 0 Å². The SMILES string of the molecule is CCCCc1nc(C)c(C(=O)N2CCCN(CC(N)=O)CC2)s1. The molecule has 23 heavy (non-hydrogen) atoms. The molecule has 0 bridgehead atoms. The third-order valence-corrected chi connectivity index (χ3v) is 5.24. The number of rotatable bonds is 6. The zero-order valence-electron chi connectivity index (χ0n) is 14.0. The topological polar surface area (TPSA) is 79.5 Å². The highest BCUT2D eigenvalue weighted by atomic mass is 32.1. The van der Waals surface area contributed by atoms with Gasteiger partial charge in [0.15, 0.2) is 0 Å². The Balaban J connectivity index is 2.00. The lowest BCUT2D eigenvalue weighted by Crippen LogP contribution is -2.38. The molecule has 2 amide bonds. The van der Waals surface area contributed by atoms with E-state index in [1.165, 1.54) is 11.3 Å². The normalized spacial score (nSPS) is 16.3. The summed E-state index contributed by atoms with van der Waals surface area (Å²) in [5, 5.41) is 1.05. The standard InChI is InChI=1S/C16H26N4O2S/c1-3-4-6-14-18-12(2)15(23-14)16(22)20-8-5-7-19(9-10-20)11-13(17)21/h3-11H2,1-2H3,(H2,17,21). The van der Waals surface area contributed by atoms with Crippen LogP contribution in [0.25, 0.3) is 0 Å². The Bertz CT molecular complexity index is 558. The molecule has 2 rings (SSSR count). The number of hydrogen-bond acceptors (Lipinski definition) is 5. The van der Waals surface area contributed by atoms with Gasteiger partial charge >= 0.3 is 0 Å². The van der Waals surface area contributed by atoms with Gasteiger partial charge < -0.3 is 10.6 Å². The summed E-state index contributed by atoms with van der Waals surface area (Å²) in [6.45, 7) is 7.18. The van der Waals surface area contributed by atoms with Gasteiger partial charge in [-0.1, -0.05) is 13.3 Å². The fourth-order valence-electron chi connectivity index (χ4n) is 2.78. The molecule has 0 aromatic carbocycles. The molecule has 2 heterocycles. The molecular formula is C16H26N4O2S. The number of hydrogen-bond donors (Lipinski definition) is 1. The molecule has 6 nitrogen and oxygen atoms in total. The van der Waals surface area contributed by atoms with E-state index in [0.29, 0.717) is 13.1 Å². The van der Waals surface area contributed by atoms with Gasteiger partial charge in [0.05, 0.1) is 17.2 Å². The maximum absolute atomic E-state index is 12.8. The molecule has 2 N–H and O–H groups in total. The molecule has 0 spiro atoms. The lowest BCUT2D eigenvalue weighted by molar-refractivity contribution is -0.119. The van der Waals surface area contributed by atoms with E-state index in [9.17, 15) is 9.59 Å². The van der Waals surface area contributed by atoms with Gasteiger partial charge in [-0.05, 0) is 26.2 Å². The monoisotopic (exact) mass is 338 g/mol. The lowest BCUT2D eigenvalue weighted by atomic mass is 10.2. The summed E-state index contributed by atoms with van der Waals surface area (Å²) in [5.41, 5.74) is 6.09. The number of nitrogens with zero attached hydrogens (tertiary/aromatic N) is 3. The largest absolute Gasteiger partial charge is 0.369 e. The summed E-state index contributed by atoms with van der Waals surface area (Å²) in [6.07, 6.45) is 4.04. The first-order valence-corrected chi connectivity index (χ1v) is 9.09. The van der Waals surface area contributed by atoms with E-state index in [1.807, 2.05) is 16.7 Å². The maximum atomic E-state index is 12.8. The van der Waals surface area contributed by atoms with Crippen LogP contribution in [0.2, 0.25) is 0 Å². The van der Waals surface area contributed by atoms with Gasteiger partial charge in [-0.25, -0.2) is 4.98 Å². The van der Waals surface area contributed by atoms with Gasteiger partial charge in [-0.15, -0.1) is 11.3 Å². The van der Waals surface area contributed by atoms with Gasteiger partial charge in [0.25, 0.3) is 5.91 Å². The first-order chi connectivity index (χ1) is 11.0. The minimum atomic E-state index is -0.316. The highest BCUT2D eigenvalue weighted by molar-refractivity contribution is 7.13. The second-order valence-corrected chi connectivity index (χ2v) is 7.10. The number of nitrogens with two attached hydrogens (primary N) is 1. The Morgan fingerprint density at radius 1 is 1.26 bits per heavy atom. The second-order valence-electron chi connectivity index (χ2n) is 6.01. The van der Waals surface area contributed by atoms with Crippen LogP contribution in [0.15, 0.2) is 0 Å². The van der Waals surface area contributed by atoms with Crippen molar-refractivity contribution >= 4 is 23.2 Å². The Hall–Kier alpha value is -1.47. The Labute approximate surface area is 141 Å². The van der Waals surface area contributed by atoms with Crippen molar-refractivity contribution in [1.82, 2.24) is 14.8 Å². The van der Waals surface area contributed by atoms with Crippen molar-refractivity contribution in [2.24, 2.45) is 5.73 Å². The molecule has 1 aliphatic rings. The molecule has 7 heteroatoms. The molecule has 1 saturated heterocycles. The third kappa shape index (κ3) is 5.00. The van der Waals surface area contributed by atoms with Crippen molar-refractivity contribution in [2.45, 2.75) is 39.5 Å². The van der Waals surface area contributed by atoms with E-state index < -0.39 is 0 Å². The van der Waals surface area contributed by atoms with Crippen LogP contribution < -0.4 is 5.73 Å². The van der Waals surface area contributed by atoms with Crippen LogP contribution >= 0.6 is 11.3 Å². The summed E-state index contributed by atoms with van der Waals surface area (Å²) in [5.74, 6) is -0.243. The fourth-order valence-corrected chi connectivity index (χ4v) is 3.86. The number of amides is 2. The number of carbonyl (C=O) groups excluding carboxylic acids is 2. The summed E-state index contributed by atoms with van der Waals surface area (Å²) in [6, 6.07) is 0. The second kappa shape index (κ2) is 8.40. The average molecular weight is 338 g/mol. The van der Waals surface area contributed by atoms with E-state index in [2.05, 4.69) is 11.9 Å². The highest BCUT2D eigenvalue weighted by Gasteiger charge is 2.24.